The van der Waals surface area contributed by atoms with Crippen LogP contribution in [0.4, 0.5) is 5.69 Å². The van der Waals surface area contributed by atoms with Gasteiger partial charge in [0, 0.05) is 20.1 Å². The van der Waals surface area contributed by atoms with Crippen LogP contribution in [0, 0.1) is 5.92 Å². The van der Waals surface area contributed by atoms with Crippen LogP contribution < -0.4 is 15.8 Å². The van der Waals surface area contributed by atoms with Crippen LogP contribution in [-0.4, -0.2) is 45.4 Å². The monoisotopic (exact) mass is 379 g/mol. The lowest BCUT2D eigenvalue weighted by atomic mass is 10.0. The third kappa shape index (κ3) is 5.34. The van der Waals surface area contributed by atoms with Gasteiger partial charge in [-0.15, -0.1) is 12.4 Å². The normalized spacial score (nSPS) is 13.8. The fraction of sp³-hybridized carbons (Fsp3) is 0.533. The first-order valence-corrected chi connectivity index (χ1v) is 8.81. The molecule has 2 atom stereocenters. The molecule has 0 aliphatic carbocycles. The van der Waals surface area contributed by atoms with E-state index in [9.17, 15) is 13.2 Å². The molecule has 0 aliphatic heterocycles. The van der Waals surface area contributed by atoms with Crippen molar-refractivity contribution in [1.82, 2.24) is 4.31 Å². The molecule has 1 rings (SSSR count). The molecule has 0 radical (unpaired) electrons. The molecule has 0 fully saturated rings. The molecule has 1 aromatic rings. The molecule has 0 saturated carbocycles. The quantitative estimate of drug-likeness (QED) is 0.750. The van der Waals surface area contributed by atoms with Gasteiger partial charge in [-0.05, 0) is 32.0 Å². The number of benzene rings is 1. The van der Waals surface area contributed by atoms with Gasteiger partial charge in [-0.2, -0.15) is 0 Å². The second-order valence-electron chi connectivity index (χ2n) is 5.52. The number of carbonyl (C=O) groups is 1. The zero-order valence-corrected chi connectivity index (χ0v) is 16.2. The lowest BCUT2D eigenvalue weighted by Gasteiger charge is -2.19. The van der Waals surface area contributed by atoms with Gasteiger partial charge < -0.3 is 15.8 Å². The van der Waals surface area contributed by atoms with Gasteiger partial charge in [0.05, 0.1) is 23.1 Å². The summed E-state index contributed by atoms with van der Waals surface area (Å²) < 4.78 is 31.0. The Morgan fingerprint density at radius 3 is 2.38 bits per heavy atom. The van der Waals surface area contributed by atoms with Crippen LogP contribution in [0.5, 0.6) is 5.75 Å². The van der Waals surface area contributed by atoms with Crippen molar-refractivity contribution in [3.63, 3.8) is 0 Å². The van der Waals surface area contributed by atoms with Crippen molar-refractivity contribution >= 4 is 34.0 Å². The third-order valence-corrected chi connectivity index (χ3v) is 5.30. The Kier molecular flexibility index (Phi) is 8.70. The number of hydrogen-bond acceptors (Lipinski definition) is 5. The van der Waals surface area contributed by atoms with Crippen LogP contribution in [-0.2, 0) is 14.8 Å². The first-order valence-electron chi connectivity index (χ1n) is 7.37. The standard InChI is InChI=1S/C15H25N3O4S.ClH/c1-6-22-14-8-7-12(23(20,21)18(4)5)9-13(14)17-15(19)10(2)11(3)16;/h7-11H,6,16H2,1-5H3,(H,17,19);1H. The maximum atomic E-state index is 12.2. The lowest BCUT2D eigenvalue weighted by molar-refractivity contribution is -0.119. The molecular formula is C15H26ClN3O4S. The van der Waals surface area contributed by atoms with Crippen molar-refractivity contribution in [3.8, 4) is 5.75 Å². The first-order chi connectivity index (χ1) is 10.6. The van der Waals surface area contributed by atoms with Crippen molar-refractivity contribution in [2.75, 3.05) is 26.0 Å². The van der Waals surface area contributed by atoms with Gasteiger partial charge in [0.1, 0.15) is 5.75 Å². The molecular weight excluding hydrogens is 354 g/mol. The summed E-state index contributed by atoms with van der Waals surface area (Å²) in [5, 5.41) is 2.70. The van der Waals surface area contributed by atoms with E-state index in [4.69, 9.17) is 10.5 Å². The van der Waals surface area contributed by atoms with E-state index in [1.807, 2.05) is 0 Å². The van der Waals surface area contributed by atoms with Gasteiger partial charge in [0.25, 0.3) is 0 Å². The van der Waals surface area contributed by atoms with Gasteiger partial charge in [0.15, 0.2) is 0 Å². The molecule has 1 aromatic carbocycles. The molecule has 0 heterocycles. The number of nitrogens with zero attached hydrogens (tertiary/aromatic N) is 1. The van der Waals surface area contributed by atoms with E-state index in [1.54, 1.807) is 20.8 Å². The SMILES string of the molecule is CCOc1ccc(S(=O)(=O)N(C)C)cc1NC(=O)C(C)C(C)N.Cl. The molecule has 24 heavy (non-hydrogen) atoms. The minimum absolute atomic E-state index is 0. The van der Waals surface area contributed by atoms with E-state index in [0.717, 1.165) is 4.31 Å². The Morgan fingerprint density at radius 2 is 1.92 bits per heavy atom. The molecule has 9 heteroatoms. The molecule has 3 N–H and O–H groups in total. The van der Waals surface area contributed by atoms with E-state index in [0.29, 0.717) is 18.0 Å². The van der Waals surface area contributed by atoms with Gasteiger partial charge in [-0.1, -0.05) is 6.92 Å². The van der Waals surface area contributed by atoms with Crippen molar-refractivity contribution in [2.24, 2.45) is 11.7 Å². The maximum absolute atomic E-state index is 12.2. The summed E-state index contributed by atoms with van der Waals surface area (Å²) in [7, 11) is -0.708. The highest BCUT2D eigenvalue weighted by Gasteiger charge is 2.22. The number of anilines is 1. The zero-order valence-electron chi connectivity index (χ0n) is 14.6. The van der Waals surface area contributed by atoms with Crippen molar-refractivity contribution in [1.29, 1.82) is 0 Å². The first kappa shape index (κ1) is 22.6. The lowest BCUT2D eigenvalue weighted by Crippen LogP contribution is -2.34. The maximum Gasteiger partial charge on any atom is 0.242 e. The highest BCUT2D eigenvalue weighted by atomic mass is 35.5. The minimum atomic E-state index is -3.60. The van der Waals surface area contributed by atoms with Crippen LogP contribution in [0.15, 0.2) is 23.1 Å². The molecule has 2 unspecified atom stereocenters. The average molecular weight is 380 g/mol. The van der Waals surface area contributed by atoms with E-state index < -0.39 is 15.9 Å². The van der Waals surface area contributed by atoms with Crippen LogP contribution >= 0.6 is 12.4 Å². The summed E-state index contributed by atoms with van der Waals surface area (Å²) in [6.07, 6.45) is 0. The molecule has 0 spiro atoms. The number of nitrogens with two attached hydrogens (primary N) is 1. The topological polar surface area (TPSA) is 102 Å². The minimum Gasteiger partial charge on any atom is -0.492 e. The number of rotatable bonds is 7. The molecule has 1 amide bonds. The van der Waals surface area contributed by atoms with E-state index in [2.05, 4.69) is 5.32 Å². The van der Waals surface area contributed by atoms with Crippen molar-refractivity contribution in [3.05, 3.63) is 18.2 Å². The van der Waals surface area contributed by atoms with E-state index in [-0.39, 0.29) is 29.3 Å². The molecule has 0 bridgehead atoms. The predicted octanol–water partition coefficient (Wildman–Crippen LogP) is 1.68. The average Bonchev–Trinajstić information content (AvgIpc) is 2.47. The van der Waals surface area contributed by atoms with Gasteiger partial charge in [0.2, 0.25) is 15.9 Å². The fourth-order valence-electron chi connectivity index (χ4n) is 1.74. The van der Waals surface area contributed by atoms with Crippen LogP contribution in [0.1, 0.15) is 20.8 Å². The number of ether oxygens (including phenoxy) is 1. The Hall–Kier alpha value is -1.35. The Bertz CT molecular complexity index is 663. The van der Waals surface area contributed by atoms with E-state index in [1.165, 1.54) is 32.3 Å². The third-order valence-electron chi connectivity index (χ3n) is 3.49. The number of sulfonamides is 1. The highest BCUT2D eigenvalue weighted by Crippen LogP contribution is 2.29. The van der Waals surface area contributed by atoms with Crippen molar-refractivity contribution < 1.29 is 17.9 Å². The van der Waals surface area contributed by atoms with E-state index >= 15 is 0 Å². The fourth-order valence-corrected chi connectivity index (χ4v) is 2.67. The second-order valence-corrected chi connectivity index (χ2v) is 7.67. The Labute approximate surface area is 150 Å². The zero-order chi connectivity index (χ0) is 17.8. The predicted molar refractivity (Wildman–Crippen MR) is 97.2 cm³/mol. The Balaban J connectivity index is 0.00000529. The largest absolute Gasteiger partial charge is 0.492 e. The summed E-state index contributed by atoms with van der Waals surface area (Å²) in [6.45, 7) is 5.65. The van der Waals surface area contributed by atoms with Crippen LogP contribution in [0.2, 0.25) is 0 Å². The number of carbonyl (C=O) groups excluding carboxylic acids is 1. The number of hydrogen-bond donors (Lipinski definition) is 2. The van der Waals surface area contributed by atoms with Crippen molar-refractivity contribution in [2.45, 2.75) is 31.7 Å². The second kappa shape index (κ2) is 9.22. The van der Waals surface area contributed by atoms with Gasteiger partial charge in [-0.25, -0.2) is 12.7 Å². The molecule has 0 aliphatic rings. The summed E-state index contributed by atoms with van der Waals surface area (Å²) in [4.78, 5) is 12.3. The number of nitrogens with one attached hydrogen (secondary N) is 1. The highest BCUT2D eigenvalue weighted by molar-refractivity contribution is 7.89. The summed E-state index contributed by atoms with van der Waals surface area (Å²) in [5.41, 5.74) is 6.04. The summed E-state index contributed by atoms with van der Waals surface area (Å²) in [5.74, 6) is -0.297. The van der Waals surface area contributed by atoms with Crippen LogP contribution in [0.3, 0.4) is 0 Å². The number of amides is 1. The smallest absolute Gasteiger partial charge is 0.242 e. The molecule has 0 saturated heterocycles. The summed E-state index contributed by atoms with van der Waals surface area (Å²) in [6, 6.07) is 4.06. The molecule has 138 valence electrons. The molecule has 0 aromatic heterocycles. The molecule has 7 nitrogen and oxygen atoms in total. The van der Waals surface area contributed by atoms with Crippen LogP contribution in [0.25, 0.3) is 0 Å². The van der Waals surface area contributed by atoms with Gasteiger partial charge >= 0.3 is 0 Å². The summed E-state index contributed by atoms with van der Waals surface area (Å²) >= 11 is 0. The van der Waals surface area contributed by atoms with Gasteiger partial charge in [-0.3, -0.25) is 4.79 Å². The number of halogens is 1. The Morgan fingerprint density at radius 1 is 1.33 bits per heavy atom.